The zero-order valence-corrected chi connectivity index (χ0v) is 9.70. The molecule has 16 heavy (non-hydrogen) atoms. The summed E-state index contributed by atoms with van der Waals surface area (Å²) in [7, 11) is 0. The van der Waals surface area contributed by atoms with Gasteiger partial charge in [0, 0.05) is 11.8 Å². The van der Waals surface area contributed by atoms with E-state index in [0.29, 0.717) is 22.1 Å². The fraction of sp³-hybridized carbons (Fsp3) is 0. The molecule has 0 aliphatic heterocycles. The fourth-order valence-electron chi connectivity index (χ4n) is 1.19. The van der Waals surface area contributed by atoms with Crippen molar-refractivity contribution in [3.05, 3.63) is 40.8 Å². The number of halogens is 2. The van der Waals surface area contributed by atoms with Gasteiger partial charge in [-0.2, -0.15) is 4.98 Å². The molecule has 2 rings (SSSR count). The van der Waals surface area contributed by atoms with Gasteiger partial charge in [0.25, 0.3) is 0 Å². The third-order valence-corrected chi connectivity index (χ3v) is 2.20. The number of nitrogen functional groups attached to an aromatic ring is 1. The molecule has 0 saturated carbocycles. The highest BCUT2D eigenvalue weighted by Gasteiger charge is 2.01. The Labute approximate surface area is 99.9 Å². The van der Waals surface area contributed by atoms with Crippen LogP contribution in [0.4, 0.5) is 21.8 Å². The smallest absolute Gasteiger partial charge is 0.230 e. The standard InChI is InChI=1S/C10H8BrFN4/c11-8-5-9(13)16-10(15-8)14-7-3-1-2-6(12)4-7/h1-5H,(H3,13,14,15,16). The third kappa shape index (κ3) is 2.66. The van der Waals surface area contributed by atoms with Crippen LogP contribution in [0.15, 0.2) is 34.9 Å². The number of nitrogens with two attached hydrogens (primary N) is 1. The van der Waals surface area contributed by atoms with Gasteiger partial charge in [-0.1, -0.05) is 6.07 Å². The monoisotopic (exact) mass is 282 g/mol. The normalized spacial score (nSPS) is 10.1. The Hall–Kier alpha value is -1.69. The average Bonchev–Trinajstić information content (AvgIpc) is 2.15. The Bertz CT molecular complexity index is 498. The zero-order chi connectivity index (χ0) is 11.5. The van der Waals surface area contributed by atoms with Gasteiger partial charge in [0.05, 0.1) is 0 Å². The molecule has 1 aromatic carbocycles. The van der Waals surface area contributed by atoms with E-state index in [2.05, 4.69) is 31.2 Å². The Kier molecular flexibility index (Phi) is 3.00. The second-order valence-electron chi connectivity index (χ2n) is 3.07. The molecular formula is C10H8BrFN4. The number of rotatable bonds is 2. The van der Waals surface area contributed by atoms with E-state index in [0.717, 1.165) is 0 Å². The van der Waals surface area contributed by atoms with Gasteiger partial charge in [0.15, 0.2) is 0 Å². The molecule has 0 aliphatic rings. The minimum absolute atomic E-state index is 0.317. The Morgan fingerprint density at radius 1 is 1.25 bits per heavy atom. The van der Waals surface area contributed by atoms with Gasteiger partial charge in [-0.15, -0.1) is 0 Å². The van der Waals surface area contributed by atoms with E-state index in [1.807, 2.05) is 0 Å². The van der Waals surface area contributed by atoms with E-state index >= 15 is 0 Å². The zero-order valence-electron chi connectivity index (χ0n) is 8.11. The van der Waals surface area contributed by atoms with Crippen LogP contribution in [0.3, 0.4) is 0 Å². The highest BCUT2D eigenvalue weighted by atomic mass is 79.9. The van der Waals surface area contributed by atoms with Crippen molar-refractivity contribution in [3.63, 3.8) is 0 Å². The molecule has 0 unspecified atom stereocenters. The Balaban J connectivity index is 2.27. The minimum atomic E-state index is -0.326. The highest BCUT2D eigenvalue weighted by molar-refractivity contribution is 9.10. The molecule has 0 spiro atoms. The number of nitrogens with one attached hydrogen (secondary N) is 1. The molecule has 0 fully saturated rings. The predicted molar refractivity (Wildman–Crippen MR) is 63.8 cm³/mol. The lowest BCUT2D eigenvalue weighted by atomic mass is 10.3. The van der Waals surface area contributed by atoms with Crippen molar-refractivity contribution in [2.45, 2.75) is 0 Å². The van der Waals surface area contributed by atoms with E-state index in [1.54, 1.807) is 18.2 Å². The van der Waals surface area contributed by atoms with E-state index in [1.165, 1.54) is 12.1 Å². The summed E-state index contributed by atoms with van der Waals surface area (Å²) in [6, 6.07) is 7.60. The maximum Gasteiger partial charge on any atom is 0.230 e. The van der Waals surface area contributed by atoms with Gasteiger partial charge in [-0.05, 0) is 34.1 Å². The first kappa shape index (κ1) is 10.8. The summed E-state index contributed by atoms with van der Waals surface area (Å²) < 4.78 is 13.5. The van der Waals surface area contributed by atoms with E-state index in [4.69, 9.17) is 5.73 Å². The van der Waals surface area contributed by atoms with Crippen LogP contribution >= 0.6 is 15.9 Å². The highest BCUT2D eigenvalue weighted by Crippen LogP contribution is 2.17. The molecule has 0 atom stereocenters. The predicted octanol–water partition coefficient (Wildman–Crippen LogP) is 2.70. The lowest BCUT2D eigenvalue weighted by Crippen LogP contribution is -2.00. The molecule has 4 nitrogen and oxygen atoms in total. The maximum absolute atomic E-state index is 12.9. The Morgan fingerprint density at radius 3 is 2.75 bits per heavy atom. The lowest BCUT2D eigenvalue weighted by molar-refractivity contribution is 0.628. The maximum atomic E-state index is 12.9. The molecule has 0 radical (unpaired) electrons. The van der Waals surface area contributed by atoms with Crippen molar-refractivity contribution < 1.29 is 4.39 Å². The molecule has 82 valence electrons. The molecule has 6 heteroatoms. The SMILES string of the molecule is Nc1cc(Br)nc(Nc2cccc(F)c2)n1. The van der Waals surface area contributed by atoms with Crippen LogP contribution in [0.5, 0.6) is 0 Å². The lowest BCUT2D eigenvalue weighted by Gasteiger charge is -2.05. The number of hydrogen-bond acceptors (Lipinski definition) is 4. The number of nitrogens with zero attached hydrogens (tertiary/aromatic N) is 2. The van der Waals surface area contributed by atoms with Crippen LogP contribution in [0.1, 0.15) is 0 Å². The van der Waals surface area contributed by atoms with Gasteiger partial charge >= 0.3 is 0 Å². The molecule has 0 bridgehead atoms. The molecule has 1 aromatic heterocycles. The van der Waals surface area contributed by atoms with Gasteiger partial charge in [0.2, 0.25) is 5.95 Å². The van der Waals surface area contributed by atoms with E-state index in [9.17, 15) is 4.39 Å². The summed E-state index contributed by atoms with van der Waals surface area (Å²) in [5.74, 6) is 0.325. The summed E-state index contributed by atoms with van der Waals surface area (Å²) >= 11 is 3.20. The summed E-state index contributed by atoms with van der Waals surface area (Å²) in [5, 5.41) is 2.85. The molecule has 0 amide bonds. The van der Waals surface area contributed by atoms with Gasteiger partial charge in [-0.25, -0.2) is 9.37 Å². The van der Waals surface area contributed by atoms with Gasteiger partial charge in [-0.3, -0.25) is 0 Å². The van der Waals surface area contributed by atoms with Crippen LogP contribution in [-0.2, 0) is 0 Å². The van der Waals surface area contributed by atoms with Crippen molar-refractivity contribution in [3.8, 4) is 0 Å². The largest absolute Gasteiger partial charge is 0.383 e. The van der Waals surface area contributed by atoms with Gasteiger partial charge < -0.3 is 11.1 Å². The number of hydrogen-bond donors (Lipinski definition) is 2. The van der Waals surface area contributed by atoms with Crippen molar-refractivity contribution in [1.82, 2.24) is 9.97 Å². The Morgan fingerprint density at radius 2 is 2.06 bits per heavy atom. The fourth-order valence-corrected chi connectivity index (χ4v) is 1.59. The molecule has 0 saturated heterocycles. The first-order valence-electron chi connectivity index (χ1n) is 4.46. The second-order valence-corrected chi connectivity index (χ2v) is 3.89. The van der Waals surface area contributed by atoms with E-state index in [-0.39, 0.29) is 5.82 Å². The topological polar surface area (TPSA) is 63.8 Å². The summed E-state index contributed by atoms with van der Waals surface area (Å²) in [6.07, 6.45) is 0. The quantitative estimate of drug-likeness (QED) is 0.832. The van der Waals surface area contributed by atoms with Crippen molar-refractivity contribution in [1.29, 1.82) is 0 Å². The summed E-state index contributed by atoms with van der Waals surface area (Å²) in [6.45, 7) is 0. The van der Waals surface area contributed by atoms with Crippen LogP contribution < -0.4 is 11.1 Å². The van der Waals surface area contributed by atoms with Crippen LogP contribution in [0.25, 0.3) is 0 Å². The minimum Gasteiger partial charge on any atom is -0.383 e. The number of anilines is 3. The molecule has 3 N–H and O–H groups in total. The van der Waals surface area contributed by atoms with Crippen molar-refractivity contribution >= 4 is 33.4 Å². The van der Waals surface area contributed by atoms with Crippen molar-refractivity contribution in [2.24, 2.45) is 0 Å². The molecular weight excluding hydrogens is 275 g/mol. The number of aromatic nitrogens is 2. The molecule has 2 aromatic rings. The molecule has 1 heterocycles. The first-order chi connectivity index (χ1) is 7.63. The summed E-state index contributed by atoms with van der Waals surface area (Å²) in [5.41, 5.74) is 6.11. The number of benzene rings is 1. The summed E-state index contributed by atoms with van der Waals surface area (Å²) in [4.78, 5) is 8.01. The van der Waals surface area contributed by atoms with E-state index < -0.39 is 0 Å². The van der Waals surface area contributed by atoms with Gasteiger partial charge in [0.1, 0.15) is 16.2 Å². The van der Waals surface area contributed by atoms with Crippen molar-refractivity contribution in [2.75, 3.05) is 11.1 Å². The first-order valence-corrected chi connectivity index (χ1v) is 5.25. The third-order valence-electron chi connectivity index (χ3n) is 1.80. The van der Waals surface area contributed by atoms with Crippen LogP contribution in [0.2, 0.25) is 0 Å². The van der Waals surface area contributed by atoms with Crippen LogP contribution in [0, 0.1) is 5.82 Å². The van der Waals surface area contributed by atoms with Crippen LogP contribution in [-0.4, -0.2) is 9.97 Å². The molecule has 0 aliphatic carbocycles. The average molecular weight is 283 g/mol. The second kappa shape index (κ2) is 4.44.